The van der Waals surface area contributed by atoms with Crippen molar-refractivity contribution in [2.24, 2.45) is 13.0 Å². The van der Waals surface area contributed by atoms with E-state index >= 15 is 0 Å². The van der Waals surface area contributed by atoms with Crippen LogP contribution in [0.3, 0.4) is 0 Å². The molecule has 3 N–H and O–H groups in total. The Bertz CT molecular complexity index is 1480. The minimum atomic E-state index is 0.146. The molecule has 9 nitrogen and oxygen atoms in total. The van der Waals surface area contributed by atoms with E-state index in [1.165, 1.54) is 11.1 Å². The van der Waals surface area contributed by atoms with Gasteiger partial charge in [0.05, 0.1) is 5.39 Å². The smallest absolute Gasteiger partial charge is 0.229 e. The lowest BCUT2D eigenvalue weighted by molar-refractivity contribution is -0.137. The van der Waals surface area contributed by atoms with Crippen molar-refractivity contribution in [1.29, 1.82) is 0 Å². The third-order valence-electron chi connectivity index (χ3n) is 7.78. The van der Waals surface area contributed by atoms with Crippen LogP contribution in [0, 0.1) is 19.8 Å². The van der Waals surface area contributed by atoms with Gasteiger partial charge in [-0.05, 0) is 80.6 Å². The Labute approximate surface area is 222 Å². The number of amides is 1. The first-order valence-corrected chi connectivity index (χ1v) is 13.4. The number of hydrogen-bond donors (Lipinski definition) is 3. The van der Waals surface area contributed by atoms with E-state index < -0.39 is 0 Å². The monoisotopic (exact) mass is 510 g/mol. The van der Waals surface area contributed by atoms with Gasteiger partial charge in [-0.15, -0.1) is 0 Å². The molecule has 0 unspecified atom stereocenters. The number of carbonyl (C=O) groups is 1. The van der Waals surface area contributed by atoms with Crippen molar-refractivity contribution in [3.05, 3.63) is 64.8 Å². The van der Waals surface area contributed by atoms with Crippen LogP contribution in [0.25, 0.3) is 11.0 Å². The SMILES string of the molecule is Cc1cccc(C)c1Nc1nn(C)c2nc(Nc3ccc4c(c3)CN(C(=O)C3CCNCC3)CC4)ncc12. The molecule has 0 spiro atoms. The van der Waals surface area contributed by atoms with Gasteiger partial charge in [-0.2, -0.15) is 10.1 Å². The summed E-state index contributed by atoms with van der Waals surface area (Å²) >= 11 is 0. The first-order chi connectivity index (χ1) is 18.5. The van der Waals surface area contributed by atoms with Crippen LogP contribution in [0.5, 0.6) is 0 Å². The van der Waals surface area contributed by atoms with Crippen molar-refractivity contribution in [3.8, 4) is 0 Å². The topological polar surface area (TPSA) is 100 Å². The van der Waals surface area contributed by atoms with Crippen molar-refractivity contribution in [2.75, 3.05) is 30.3 Å². The van der Waals surface area contributed by atoms with Gasteiger partial charge in [-0.3, -0.25) is 4.79 Å². The van der Waals surface area contributed by atoms with E-state index in [0.717, 1.165) is 78.2 Å². The number of piperidine rings is 1. The molecule has 2 aromatic heterocycles. The second-order valence-corrected chi connectivity index (χ2v) is 10.4. The van der Waals surface area contributed by atoms with Gasteiger partial charge in [-0.25, -0.2) is 9.67 Å². The Morgan fingerprint density at radius 3 is 2.63 bits per heavy atom. The highest BCUT2D eigenvalue weighted by molar-refractivity contribution is 5.90. The number of carbonyl (C=O) groups excluding carboxylic acids is 1. The Hall–Kier alpha value is -3.98. The van der Waals surface area contributed by atoms with E-state index in [1.807, 2.05) is 18.1 Å². The lowest BCUT2D eigenvalue weighted by atomic mass is 9.93. The molecule has 9 heteroatoms. The first-order valence-electron chi connectivity index (χ1n) is 13.4. The number of aryl methyl sites for hydroxylation is 3. The van der Waals surface area contributed by atoms with E-state index in [2.05, 4.69) is 76.3 Å². The molecule has 1 fully saturated rings. The van der Waals surface area contributed by atoms with E-state index in [-0.39, 0.29) is 5.92 Å². The first kappa shape index (κ1) is 24.4. The second-order valence-electron chi connectivity index (χ2n) is 10.4. The number of benzene rings is 2. The minimum absolute atomic E-state index is 0.146. The number of aromatic nitrogens is 4. The number of rotatable bonds is 5. The van der Waals surface area contributed by atoms with Gasteiger partial charge >= 0.3 is 0 Å². The van der Waals surface area contributed by atoms with Gasteiger partial charge in [0.1, 0.15) is 0 Å². The van der Waals surface area contributed by atoms with Crippen LogP contribution in [0.2, 0.25) is 0 Å². The van der Waals surface area contributed by atoms with Crippen LogP contribution in [0.1, 0.15) is 35.1 Å². The second kappa shape index (κ2) is 10.1. The summed E-state index contributed by atoms with van der Waals surface area (Å²) in [6, 6.07) is 12.6. The molecule has 0 atom stereocenters. The van der Waals surface area contributed by atoms with E-state index in [1.54, 1.807) is 4.68 Å². The molecule has 196 valence electrons. The van der Waals surface area contributed by atoms with Gasteiger partial charge in [0.25, 0.3) is 0 Å². The Morgan fingerprint density at radius 2 is 1.84 bits per heavy atom. The summed E-state index contributed by atoms with van der Waals surface area (Å²) in [5.74, 6) is 1.69. The van der Waals surface area contributed by atoms with Crippen LogP contribution < -0.4 is 16.0 Å². The number of nitrogens with one attached hydrogen (secondary N) is 3. The fraction of sp³-hybridized carbons (Fsp3) is 0.379. The maximum atomic E-state index is 13.1. The van der Waals surface area contributed by atoms with Crippen LogP contribution in [-0.2, 0) is 24.8 Å². The lowest BCUT2D eigenvalue weighted by Gasteiger charge is -2.33. The Balaban J connectivity index is 1.20. The molecule has 1 saturated heterocycles. The molecule has 4 aromatic rings. The minimum Gasteiger partial charge on any atom is -0.338 e. The van der Waals surface area contributed by atoms with Crippen molar-refractivity contribution < 1.29 is 4.79 Å². The van der Waals surface area contributed by atoms with Crippen LogP contribution >= 0.6 is 0 Å². The van der Waals surface area contributed by atoms with Gasteiger partial charge < -0.3 is 20.9 Å². The molecule has 0 radical (unpaired) electrons. The van der Waals surface area contributed by atoms with E-state index in [9.17, 15) is 4.79 Å². The number of para-hydroxylation sites is 1. The molecule has 4 heterocycles. The molecule has 0 aliphatic carbocycles. The predicted octanol–water partition coefficient (Wildman–Crippen LogP) is 4.35. The van der Waals surface area contributed by atoms with Gasteiger partial charge in [0.2, 0.25) is 11.9 Å². The van der Waals surface area contributed by atoms with Crippen LogP contribution in [0.15, 0.2) is 42.6 Å². The van der Waals surface area contributed by atoms with Gasteiger partial charge in [-0.1, -0.05) is 24.3 Å². The fourth-order valence-electron chi connectivity index (χ4n) is 5.60. The predicted molar refractivity (Wildman–Crippen MR) is 150 cm³/mol. The Morgan fingerprint density at radius 1 is 1.05 bits per heavy atom. The van der Waals surface area contributed by atoms with Crippen molar-refractivity contribution >= 4 is 40.1 Å². The fourth-order valence-corrected chi connectivity index (χ4v) is 5.60. The molecule has 0 saturated carbocycles. The maximum Gasteiger partial charge on any atom is 0.229 e. The normalized spacial score (nSPS) is 15.9. The zero-order chi connectivity index (χ0) is 26.2. The molecule has 2 aromatic carbocycles. The number of anilines is 4. The van der Waals surface area contributed by atoms with Crippen molar-refractivity contribution in [2.45, 2.75) is 39.7 Å². The summed E-state index contributed by atoms with van der Waals surface area (Å²) in [7, 11) is 1.89. The maximum absolute atomic E-state index is 13.1. The van der Waals surface area contributed by atoms with Gasteiger partial charge in [0.15, 0.2) is 11.5 Å². The quantitative estimate of drug-likeness (QED) is 0.367. The third-order valence-corrected chi connectivity index (χ3v) is 7.78. The average molecular weight is 511 g/mol. The molecule has 38 heavy (non-hydrogen) atoms. The molecule has 2 aliphatic rings. The molecule has 0 bridgehead atoms. The zero-order valence-electron chi connectivity index (χ0n) is 22.2. The summed E-state index contributed by atoms with van der Waals surface area (Å²) in [4.78, 5) is 24.5. The standard InChI is InChI=1S/C29H34N8O/c1-18-5-4-6-19(2)25(18)33-26-24-16-31-29(34-27(24)36(3)35-26)32-23-8-7-20-11-14-37(17-22(20)15-23)28(38)21-9-12-30-13-10-21/h4-8,15-16,21,30H,9-14,17H2,1-3H3,(H,33,35)(H,31,32,34). The number of fused-ring (bicyclic) bond motifs is 2. The highest BCUT2D eigenvalue weighted by Crippen LogP contribution is 2.30. The van der Waals surface area contributed by atoms with Crippen molar-refractivity contribution in [1.82, 2.24) is 30.0 Å². The summed E-state index contributed by atoms with van der Waals surface area (Å²) < 4.78 is 1.77. The molecule has 2 aliphatic heterocycles. The van der Waals surface area contributed by atoms with E-state index in [0.29, 0.717) is 18.4 Å². The van der Waals surface area contributed by atoms with Crippen molar-refractivity contribution in [3.63, 3.8) is 0 Å². The summed E-state index contributed by atoms with van der Waals surface area (Å²) in [6.45, 7) is 7.47. The van der Waals surface area contributed by atoms with Gasteiger partial charge in [0, 0.05) is 43.6 Å². The third kappa shape index (κ3) is 4.69. The zero-order valence-corrected chi connectivity index (χ0v) is 22.2. The average Bonchev–Trinajstić information content (AvgIpc) is 3.24. The molecule has 6 rings (SSSR count). The number of nitrogens with zero attached hydrogens (tertiary/aromatic N) is 5. The highest BCUT2D eigenvalue weighted by Gasteiger charge is 2.28. The highest BCUT2D eigenvalue weighted by atomic mass is 16.2. The molecular weight excluding hydrogens is 476 g/mol. The molecular formula is C29H34N8O. The summed E-state index contributed by atoms with van der Waals surface area (Å²) in [5, 5.41) is 15.7. The van der Waals surface area contributed by atoms with E-state index in [4.69, 9.17) is 4.98 Å². The number of hydrogen-bond acceptors (Lipinski definition) is 7. The summed E-state index contributed by atoms with van der Waals surface area (Å²) in [6.07, 6.45) is 4.56. The Kier molecular flexibility index (Phi) is 6.45. The lowest BCUT2D eigenvalue weighted by Crippen LogP contribution is -2.43. The molecule has 1 amide bonds. The van der Waals surface area contributed by atoms with Crippen LogP contribution in [-0.4, -0.2) is 50.2 Å². The van der Waals surface area contributed by atoms with Crippen LogP contribution in [0.4, 0.5) is 23.1 Å². The largest absolute Gasteiger partial charge is 0.338 e. The summed E-state index contributed by atoms with van der Waals surface area (Å²) in [5.41, 5.74) is 7.51.